The van der Waals surface area contributed by atoms with Gasteiger partial charge >= 0.3 is 0 Å². The topological polar surface area (TPSA) is 26.0 Å². The molecular formula is C4H10ClNS. The Morgan fingerprint density at radius 1 is 1.57 bits per heavy atom. The molecule has 1 aliphatic rings. The highest BCUT2D eigenvalue weighted by atomic mass is 35.5. The largest absolute Gasteiger partial charge is 0.324 e. The van der Waals surface area contributed by atoms with Crippen molar-refractivity contribution in [3.63, 3.8) is 0 Å². The molecule has 0 aliphatic carbocycles. The summed E-state index contributed by atoms with van der Waals surface area (Å²) < 4.78 is 0. The fraction of sp³-hybridized carbons (Fsp3) is 1.00. The Morgan fingerprint density at radius 2 is 1.86 bits per heavy atom. The molecule has 0 aromatic carbocycles. The smallest absolute Gasteiger partial charge is 0.0309 e. The van der Waals surface area contributed by atoms with Crippen LogP contribution in [0.4, 0.5) is 0 Å². The minimum absolute atomic E-state index is 0. The van der Waals surface area contributed by atoms with Gasteiger partial charge in [-0.25, -0.2) is 0 Å². The van der Waals surface area contributed by atoms with Crippen molar-refractivity contribution in [1.82, 2.24) is 0 Å². The molecule has 1 nitrogen and oxygen atoms in total. The van der Waals surface area contributed by atoms with E-state index in [9.17, 15) is 0 Å². The SMILES string of the molecule is CC1(N)CSC1.Cl. The molecule has 0 unspecified atom stereocenters. The van der Waals surface area contributed by atoms with E-state index in [-0.39, 0.29) is 17.9 Å². The molecular weight excluding hydrogens is 130 g/mol. The zero-order valence-corrected chi connectivity index (χ0v) is 5.94. The maximum atomic E-state index is 5.60. The molecule has 1 fully saturated rings. The number of hydrogen-bond donors (Lipinski definition) is 1. The molecule has 44 valence electrons. The van der Waals surface area contributed by atoms with Crippen LogP contribution in [0, 0.1) is 0 Å². The Hall–Kier alpha value is 0.600. The number of nitrogens with two attached hydrogens (primary N) is 1. The van der Waals surface area contributed by atoms with Gasteiger partial charge in [0.2, 0.25) is 0 Å². The van der Waals surface area contributed by atoms with Crippen LogP contribution in [0.1, 0.15) is 6.92 Å². The van der Waals surface area contributed by atoms with E-state index in [4.69, 9.17) is 5.73 Å². The lowest BCUT2D eigenvalue weighted by molar-refractivity contribution is 0.571. The van der Waals surface area contributed by atoms with Crippen molar-refractivity contribution >= 4 is 24.2 Å². The Morgan fingerprint density at radius 3 is 1.86 bits per heavy atom. The molecule has 1 aliphatic heterocycles. The van der Waals surface area contributed by atoms with Crippen LogP contribution in [0.5, 0.6) is 0 Å². The lowest BCUT2D eigenvalue weighted by Gasteiger charge is -2.32. The number of hydrogen-bond acceptors (Lipinski definition) is 2. The summed E-state index contributed by atoms with van der Waals surface area (Å²) >= 11 is 1.92. The second-order valence-electron chi connectivity index (χ2n) is 2.15. The van der Waals surface area contributed by atoms with Crippen molar-refractivity contribution in [3.8, 4) is 0 Å². The molecule has 0 radical (unpaired) electrons. The maximum absolute atomic E-state index is 5.60. The zero-order chi connectivity index (χ0) is 4.62. The number of rotatable bonds is 0. The van der Waals surface area contributed by atoms with Crippen molar-refractivity contribution in [2.24, 2.45) is 5.73 Å². The van der Waals surface area contributed by atoms with Gasteiger partial charge < -0.3 is 5.73 Å². The van der Waals surface area contributed by atoms with Crippen molar-refractivity contribution < 1.29 is 0 Å². The second kappa shape index (κ2) is 2.25. The van der Waals surface area contributed by atoms with Crippen LogP contribution in [-0.2, 0) is 0 Å². The third-order valence-corrected chi connectivity index (χ3v) is 2.59. The Labute approximate surface area is 54.4 Å². The Balaban J connectivity index is 0.000000360. The molecule has 0 aromatic heterocycles. The molecule has 0 bridgehead atoms. The van der Waals surface area contributed by atoms with E-state index >= 15 is 0 Å². The molecule has 7 heavy (non-hydrogen) atoms. The molecule has 0 spiro atoms. The predicted molar refractivity (Wildman–Crippen MR) is 37.2 cm³/mol. The van der Waals surface area contributed by atoms with E-state index in [1.54, 1.807) is 0 Å². The lowest BCUT2D eigenvalue weighted by atomic mass is 10.1. The van der Waals surface area contributed by atoms with Gasteiger partial charge in [0.15, 0.2) is 0 Å². The van der Waals surface area contributed by atoms with Crippen LogP contribution in [0.25, 0.3) is 0 Å². The summed E-state index contributed by atoms with van der Waals surface area (Å²) in [6, 6.07) is 0. The van der Waals surface area contributed by atoms with E-state index < -0.39 is 0 Å². The van der Waals surface area contributed by atoms with Gasteiger partial charge in [-0.3, -0.25) is 0 Å². The van der Waals surface area contributed by atoms with Crippen molar-refractivity contribution in [2.75, 3.05) is 11.5 Å². The highest BCUT2D eigenvalue weighted by Crippen LogP contribution is 2.25. The number of halogens is 1. The summed E-state index contributed by atoms with van der Waals surface area (Å²) in [6.45, 7) is 2.09. The summed E-state index contributed by atoms with van der Waals surface area (Å²) in [4.78, 5) is 0. The standard InChI is InChI=1S/C4H9NS.ClH/c1-4(5)2-6-3-4;/h2-3,5H2,1H3;1H. The number of thioether (sulfide) groups is 1. The van der Waals surface area contributed by atoms with Crippen LogP contribution in [0.3, 0.4) is 0 Å². The van der Waals surface area contributed by atoms with Gasteiger partial charge in [-0.1, -0.05) is 0 Å². The first-order chi connectivity index (χ1) is 2.71. The van der Waals surface area contributed by atoms with Crippen LogP contribution in [0.2, 0.25) is 0 Å². The first-order valence-corrected chi connectivity index (χ1v) is 3.23. The molecule has 1 saturated heterocycles. The average Bonchev–Trinajstić information content (AvgIpc) is 1.32. The summed E-state index contributed by atoms with van der Waals surface area (Å²) in [5.74, 6) is 2.29. The molecule has 0 amide bonds. The molecule has 1 heterocycles. The van der Waals surface area contributed by atoms with Crippen LogP contribution < -0.4 is 5.73 Å². The Bertz CT molecular complexity index is 58.7. The van der Waals surface area contributed by atoms with Gasteiger partial charge in [-0.05, 0) is 6.92 Å². The molecule has 0 aromatic rings. The van der Waals surface area contributed by atoms with E-state index in [0.717, 1.165) is 11.5 Å². The van der Waals surface area contributed by atoms with Gasteiger partial charge in [0.1, 0.15) is 0 Å². The minimum Gasteiger partial charge on any atom is -0.324 e. The fourth-order valence-electron chi connectivity index (χ4n) is 0.424. The molecule has 3 heteroatoms. The van der Waals surface area contributed by atoms with Crippen LogP contribution >= 0.6 is 24.2 Å². The second-order valence-corrected chi connectivity index (χ2v) is 3.13. The van der Waals surface area contributed by atoms with Crippen molar-refractivity contribution in [3.05, 3.63) is 0 Å². The first-order valence-electron chi connectivity index (χ1n) is 2.07. The minimum atomic E-state index is 0. The van der Waals surface area contributed by atoms with E-state index in [1.807, 2.05) is 11.8 Å². The van der Waals surface area contributed by atoms with E-state index in [2.05, 4.69) is 6.92 Å². The van der Waals surface area contributed by atoms with Crippen molar-refractivity contribution in [1.29, 1.82) is 0 Å². The quantitative estimate of drug-likeness (QED) is 0.539. The third-order valence-electron chi connectivity index (χ3n) is 0.864. The van der Waals surface area contributed by atoms with Gasteiger partial charge in [0.25, 0.3) is 0 Å². The fourth-order valence-corrected chi connectivity index (χ4v) is 1.27. The lowest BCUT2D eigenvalue weighted by Crippen LogP contribution is -2.48. The summed E-state index contributed by atoms with van der Waals surface area (Å²) in [7, 11) is 0. The molecule has 1 rings (SSSR count). The van der Waals surface area contributed by atoms with Crippen molar-refractivity contribution in [2.45, 2.75) is 12.5 Å². The van der Waals surface area contributed by atoms with Crippen LogP contribution in [-0.4, -0.2) is 17.0 Å². The molecule has 0 atom stereocenters. The Kier molecular flexibility index (Phi) is 2.44. The normalized spacial score (nSPS) is 24.9. The van der Waals surface area contributed by atoms with E-state index in [0.29, 0.717) is 0 Å². The molecule has 2 N–H and O–H groups in total. The predicted octanol–water partition coefficient (Wildman–Crippen LogP) is 0.872. The van der Waals surface area contributed by atoms with Gasteiger partial charge in [0, 0.05) is 17.0 Å². The average molecular weight is 140 g/mol. The monoisotopic (exact) mass is 139 g/mol. The van der Waals surface area contributed by atoms with Crippen LogP contribution in [0.15, 0.2) is 0 Å². The van der Waals surface area contributed by atoms with Gasteiger partial charge in [0.05, 0.1) is 0 Å². The molecule has 0 saturated carbocycles. The third kappa shape index (κ3) is 1.89. The highest BCUT2D eigenvalue weighted by Gasteiger charge is 2.26. The maximum Gasteiger partial charge on any atom is 0.0309 e. The van der Waals surface area contributed by atoms with Gasteiger partial charge in [-0.2, -0.15) is 11.8 Å². The highest BCUT2D eigenvalue weighted by molar-refractivity contribution is 8.00. The summed E-state index contributed by atoms with van der Waals surface area (Å²) in [6.07, 6.45) is 0. The summed E-state index contributed by atoms with van der Waals surface area (Å²) in [5.41, 5.74) is 5.79. The van der Waals surface area contributed by atoms with E-state index in [1.165, 1.54) is 0 Å². The van der Waals surface area contributed by atoms with Gasteiger partial charge in [-0.15, -0.1) is 12.4 Å². The summed E-state index contributed by atoms with van der Waals surface area (Å²) in [5, 5.41) is 0. The first kappa shape index (κ1) is 7.60. The zero-order valence-electron chi connectivity index (χ0n) is 4.31.